The van der Waals surface area contributed by atoms with Crippen molar-refractivity contribution in [3.63, 3.8) is 0 Å². The van der Waals surface area contributed by atoms with Gasteiger partial charge in [0.15, 0.2) is 29.8 Å². The molecule has 1 aliphatic carbocycles. The van der Waals surface area contributed by atoms with Gasteiger partial charge in [-0.25, -0.2) is 9.69 Å². The first-order chi connectivity index (χ1) is 23.5. The second-order valence-corrected chi connectivity index (χ2v) is 28.3. The van der Waals surface area contributed by atoms with Crippen LogP contribution in [0.4, 0.5) is 11.4 Å². The summed E-state index contributed by atoms with van der Waals surface area (Å²) in [5, 5.41) is 2.35. The van der Waals surface area contributed by atoms with Gasteiger partial charge in [-0.3, -0.25) is 0 Å². The second kappa shape index (κ2) is 20.3. The minimum atomic E-state index is 0. The molecule has 0 atom stereocenters. The molecule has 9 heteroatoms. The monoisotopic (exact) mass is 1150 g/mol. The number of aromatic nitrogens is 2. The zero-order chi connectivity index (χ0) is 33.7. The minimum absolute atomic E-state index is 0. The molecule has 0 saturated carbocycles. The van der Waals surface area contributed by atoms with E-state index in [1.54, 1.807) is 0 Å². The van der Waals surface area contributed by atoms with Gasteiger partial charge in [-0.2, -0.15) is 4.57 Å². The smallest absolute Gasteiger partial charge is 0.188 e. The number of hydrogen-bond donors (Lipinski definition) is 0. The van der Waals surface area contributed by atoms with Gasteiger partial charge in [-0.1, -0.05) is 97.1 Å². The van der Waals surface area contributed by atoms with Crippen molar-refractivity contribution in [2.75, 3.05) is 0 Å². The molecule has 1 aliphatic heterocycles. The number of halogens is 5. The normalized spacial score (nSPS) is 10.1. The van der Waals surface area contributed by atoms with Gasteiger partial charge >= 0.3 is 50.5 Å². The predicted octanol–water partition coefficient (Wildman–Crippen LogP) is 5.89. The van der Waals surface area contributed by atoms with E-state index in [1.807, 2.05) is 42.5 Å². The summed E-state index contributed by atoms with van der Waals surface area (Å²) in [6.07, 6.45) is 5.11. The molecular formula is C40H30BrI4N4-. The second-order valence-electron chi connectivity index (χ2n) is 10.9. The minimum Gasteiger partial charge on any atom is -1.00 e. The molecule has 0 radical (unpaired) electrons. The Morgan fingerprint density at radius 1 is 0.694 bits per heavy atom. The molecule has 0 N–H and O–H groups in total. The Labute approximate surface area is 342 Å². The van der Waals surface area contributed by atoms with Crippen LogP contribution in [0.25, 0.3) is 31.7 Å². The molecule has 4 aromatic carbocycles. The van der Waals surface area contributed by atoms with E-state index in [1.165, 1.54) is 39.0 Å². The molecule has 49 heavy (non-hydrogen) atoms. The molecule has 0 fully saturated rings. The largest absolute Gasteiger partial charge is 1.00 e. The van der Waals surface area contributed by atoms with Gasteiger partial charge in [0.05, 0.1) is 19.6 Å². The first kappa shape index (κ1) is 39.2. The first-order valence-corrected chi connectivity index (χ1v) is 28.6. The zero-order valence-electron chi connectivity index (χ0n) is 26.2. The quantitative estimate of drug-likeness (QED) is 0.113. The molecule has 0 spiro atoms. The predicted molar refractivity (Wildman–Crippen MR) is 219 cm³/mol. The number of hydrogen-bond acceptors (Lipinski definition) is 0. The van der Waals surface area contributed by atoms with Gasteiger partial charge in [0.2, 0.25) is 0 Å². The number of fused-ring (bicyclic) bond motifs is 3. The third-order valence-corrected chi connectivity index (χ3v) is 8.83. The Bertz CT molecular complexity index is 2160. The summed E-state index contributed by atoms with van der Waals surface area (Å²) in [6, 6.07) is 45.5. The summed E-state index contributed by atoms with van der Waals surface area (Å²) in [5.74, 6) is 0. The van der Waals surface area contributed by atoms with Crippen LogP contribution in [0.5, 0.6) is 0 Å². The number of nitrogens with zero attached hydrogens (tertiary/aromatic N) is 4. The van der Waals surface area contributed by atoms with Gasteiger partial charge in [0.1, 0.15) is 0 Å². The van der Waals surface area contributed by atoms with Crippen molar-refractivity contribution in [2.45, 2.75) is 19.5 Å². The fourth-order valence-corrected chi connectivity index (χ4v) is 6.23. The average Bonchev–Trinajstić information content (AvgIpc) is 3.50. The van der Waals surface area contributed by atoms with Crippen molar-refractivity contribution in [1.82, 2.24) is 4.57 Å². The molecule has 2 aliphatic rings. The third kappa shape index (κ3) is 11.0. The van der Waals surface area contributed by atoms with Crippen LogP contribution < -0.4 is 34.8 Å². The molecule has 5 aromatic rings. The van der Waals surface area contributed by atoms with Crippen LogP contribution in [0.1, 0.15) is 22.4 Å². The van der Waals surface area contributed by atoms with E-state index < -0.39 is 0 Å². The molecule has 7 rings (SSSR count). The molecule has 246 valence electrons. The number of rotatable bonds is 6. The van der Waals surface area contributed by atoms with Crippen molar-refractivity contribution < 1.29 is 34.8 Å². The van der Waals surface area contributed by atoms with E-state index in [4.69, 9.17) is 13.1 Å². The molecule has 0 saturated heterocycles. The summed E-state index contributed by atoms with van der Waals surface area (Å²) >= 11 is 7.62. The average molecular weight is 1150 g/mol. The maximum absolute atomic E-state index is 7.19. The van der Waals surface area contributed by atoms with Gasteiger partial charge in [0.25, 0.3) is 0 Å². The topological polar surface area (TPSA) is 17.5 Å². The van der Waals surface area contributed by atoms with Crippen molar-refractivity contribution in [2.24, 2.45) is 0 Å². The van der Waals surface area contributed by atoms with Crippen LogP contribution in [0.3, 0.4) is 0 Å². The van der Waals surface area contributed by atoms with Crippen LogP contribution in [0.15, 0.2) is 146 Å². The molecule has 1 aromatic heterocycles. The van der Waals surface area contributed by atoms with Gasteiger partial charge < -0.3 is 21.5 Å². The SMILES string of the molecule is I[I-]I.[Br-].[C-]#[N+]c1ccc(Cc2cccc[n+]2Cc2ccccc2)c(I)c1.[C-]#[N+]c1ccc2cc3n(Cc4ccccc4)cccc-3c2c1. The fourth-order valence-electron chi connectivity index (χ4n) is 5.54. The molecule has 4 nitrogen and oxygen atoms in total. The summed E-state index contributed by atoms with van der Waals surface area (Å²) in [7, 11) is 0. The van der Waals surface area contributed by atoms with Crippen molar-refractivity contribution in [3.8, 4) is 11.3 Å². The Hall–Kier alpha value is -2.57. The maximum Gasteiger partial charge on any atom is 0.188 e. The van der Waals surface area contributed by atoms with Crippen molar-refractivity contribution in [3.05, 3.63) is 195 Å². The molecule has 0 amide bonds. The summed E-state index contributed by atoms with van der Waals surface area (Å²) in [4.78, 5) is 7.03. The van der Waals surface area contributed by atoms with E-state index in [0.29, 0.717) is 24.6 Å². The molecule has 0 unspecified atom stereocenters. The van der Waals surface area contributed by atoms with E-state index in [9.17, 15) is 0 Å². The Morgan fingerprint density at radius 3 is 2.00 bits per heavy atom. The molecule has 2 heterocycles. The summed E-state index contributed by atoms with van der Waals surface area (Å²) in [5.41, 5.74) is 8.91. The van der Waals surface area contributed by atoms with Crippen molar-refractivity contribution in [1.29, 1.82) is 0 Å². The Kier molecular flexibility index (Phi) is 16.3. The number of benzene rings is 4. The van der Waals surface area contributed by atoms with Crippen LogP contribution >= 0.6 is 59.8 Å². The zero-order valence-corrected chi connectivity index (χ0v) is 36.4. The van der Waals surface area contributed by atoms with Gasteiger partial charge in [-0.05, 0) is 68.8 Å². The van der Waals surface area contributed by atoms with Crippen LogP contribution in [0, 0.1) is 16.7 Å². The van der Waals surface area contributed by atoms with E-state index in [0.717, 1.165) is 28.5 Å². The maximum atomic E-state index is 7.19. The standard InChI is InChI=1S/C20H16IN2.C20H14N2.BrH.I3/c1-22-18-11-10-17(20(21)14-18)13-19-9-5-6-12-23(19)15-16-7-3-2-4-8-16;1-21-17-10-9-16-12-20-18(19(16)13-17)8-5-11-22(20)14-15-6-3-2-4-7-15;;1-3-2/h2-12,14H,13,15H2;2-13H,14H2;1H;/q+1;;;-1/p-1. The van der Waals surface area contributed by atoms with E-state index in [2.05, 4.69) is 182 Å². The Balaban J connectivity index is 0.000000201. The van der Waals surface area contributed by atoms with Gasteiger partial charge in [-0.15, -0.1) is 0 Å². The molecule has 0 bridgehead atoms. The van der Waals surface area contributed by atoms with Crippen molar-refractivity contribution >= 4 is 82.0 Å². The van der Waals surface area contributed by atoms with Crippen LogP contribution in [-0.2, 0) is 19.5 Å². The van der Waals surface area contributed by atoms with Gasteiger partial charge in [0, 0.05) is 45.3 Å². The summed E-state index contributed by atoms with van der Waals surface area (Å²) in [6.45, 7) is 16.0. The Morgan fingerprint density at radius 2 is 1.33 bits per heavy atom. The van der Waals surface area contributed by atoms with Crippen LogP contribution in [0.2, 0.25) is 0 Å². The number of pyridine rings is 2. The third-order valence-electron chi connectivity index (χ3n) is 7.83. The fraction of sp³-hybridized carbons (Fsp3) is 0.0750. The van der Waals surface area contributed by atoms with E-state index >= 15 is 0 Å². The first-order valence-electron chi connectivity index (χ1n) is 15.0. The summed E-state index contributed by atoms with van der Waals surface area (Å²) < 4.78 is 5.70. The molecular weight excluding hydrogens is 1120 g/mol. The van der Waals surface area contributed by atoms with Crippen LogP contribution in [-0.4, -0.2) is 4.57 Å². The van der Waals surface area contributed by atoms with E-state index in [-0.39, 0.29) is 17.0 Å².